The van der Waals surface area contributed by atoms with Gasteiger partial charge in [-0.3, -0.25) is 4.79 Å². The molecule has 1 amide bonds. The fourth-order valence-electron chi connectivity index (χ4n) is 2.10. The van der Waals surface area contributed by atoms with Crippen molar-refractivity contribution in [3.8, 4) is 0 Å². The van der Waals surface area contributed by atoms with Gasteiger partial charge in [0.25, 0.3) is 5.91 Å². The maximum atomic E-state index is 12.0. The van der Waals surface area contributed by atoms with E-state index in [1.165, 1.54) is 11.3 Å². The first-order chi connectivity index (χ1) is 10.4. The Morgan fingerprint density at radius 1 is 1.14 bits per heavy atom. The molecule has 0 atom stereocenters. The van der Waals surface area contributed by atoms with Crippen molar-refractivity contribution in [2.24, 2.45) is 0 Å². The number of aryl methyl sites for hydroxylation is 4. The lowest BCUT2D eigenvalue weighted by Gasteiger charge is -2.09. The SMILES string of the molecule is Cc1ccc(C)c(NC(=O)COC(=O)c2cc(C)sc2C)c1. The normalized spacial score (nSPS) is 10.4. The molecule has 0 fully saturated rings. The molecule has 0 saturated heterocycles. The molecule has 0 aliphatic rings. The number of rotatable bonds is 4. The third-order valence-electron chi connectivity index (χ3n) is 3.26. The summed E-state index contributed by atoms with van der Waals surface area (Å²) in [7, 11) is 0. The van der Waals surface area contributed by atoms with E-state index in [0.717, 1.165) is 26.6 Å². The average molecular weight is 317 g/mol. The Morgan fingerprint density at radius 2 is 1.86 bits per heavy atom. The minimum Gasteiger partial charge on any atom is -0.452 e. The molecule has 0 aliphatic heterocycles. The van der Waals surface area contributed by atoms with Gasteiger partial charge in [0.05, 0.1) is 5.56 Å². The van der Waals surface area contributed by atoms with Crippen LogP contribution in [0.5, 0.6) is 0 Å². The number of nitrogens with one attached hydrogen (secondary N) is 1. The molecule has 1 aromatic carbocycles. The van der Waals surface area contributed by atoms with Gasteiger partial charge in [0.1, 0.15) is 0 Å². The quantitative estimate of drug-likeness (QED) is 0.873. The van der Waals surface area contributed by atoms with Crippen molar-refractivity contribution < 1.29 is 14.3 Å². The number of carbonyl (C=O) groups is 2. The number of benzene rings is 1. The summed E-state index contributed by atoms with van der Waals surface area (Å²) in [5.41, 5.74) is 3.29. The maximum absolute atomic E-state index is 12.0. The molecule has 1 aromatic heterocycles. The van der Waals surface area contributed by atoms with Crippen molar-refractivity contribution in [1.29, 1.82) is 0 Å². The van der Waals surface area contributed by atoms with Crippen molar-refractivity contribution >= 4 is 28.9 Å². The monoisotopic (exact) mass is 317 g/mol. The molecule has 5 heteroatoms. The number of thiophene rings is 1. The van der Waals surface area contributed by atoms with Gasteiger partial charge in [-0.15, -0.1) is 11.3 Å². The van der Waals surface area contributed by atoms with Crippen LogP contribution in [-0.2, 0) is 9.53 Å². The van der Waals surface area contributed by atoms with Gasteiger partial charge in [-0.05, 0) is 51.0 Å². The summed E-state index contributed by atoms with van der Waals surface area (Å²) < 4.78 is 5.08. The zero-order valence-corrected chi connectivity index (χ0v) is 14.0. The molecule has 2 aromatic rings. The third-order valence-corrected chi connectivity index (χ3v) is 4.23. The van der Waals surface area contributed by atoms with E-state index in [1.54, 1.807) is 6.07 Å². The molecule has 0 unspecified atom stereocenters. The van der Waals surface area contributed by atoms with Crippen molar-refractivity contribution in [3.63, 3.8) is 0 Å². The van der Waals surface area contributed by atoms with Crippen LogP contribution in [0.3, 0.4) is 0 Å². The van der Waals surface area contributed by atoms with Gasteiger partial charge in [-0.2, -0.15) is 0 Å². The van der Waals surface area contributed by atoms with E-state index in [0.29, 0.717) is 5.56 Å². The Kier molecular flexibility index (Phi) is 4.98. The highest BCUT2D eigenvalue weighted by Crippen LogP contribution is 2.21. The smallest absolute Gasteiger partial charge is 0.339 e. The zero-order valence-electron chi connectivity index (χ0n) is 13.1. The molecule has 116 valence electrons. The van der Waals surface area contributed by atoms with Crippen LogP contribution in [-0.4, -0.2) is 18.5 Å². The van der Waals surface area contributed by atoms with Crippen molar-refractivity contribution in [1.82, 2.24) is 0 Å². The highest BCUT2D eigenvalue weighted by molar-refractivity contribution is 7.12. The minimum absolute atomic E-state index is 0.291. The summed E-state index contributed by atoms with van der Waals surface area (Å²) in [6.45, 7) is 7.38. The number of anilines is 1. The van der Waals surface area contributed by atoms with Gasteiger partial charge in [-0.1, -0.05) is 12.1 Å². The summed E-state index contributed by atoms with van der Waals surface area (Å²) in [6.07, 6.45) is 0. The third kappa shape index (κ3) is 3.95. The number of hydrogen-bond donors (Lipinski definition) is 1. The first-order valence-corrected chi connectivity index (χ1v) is 7.79. The fourth-order valence-corrected chi connectivity index (χ4v) is 3.01. The van der Waals surface area contributed by atoms with Gasteiger partial charge < -0.3 is 10.1 Å². The summed E-state index contributed by atoms with van der Waals surface area (Å²) in [6, 6.07) is 7.59. The average Bonchev–Trinajstić information content (AvgIpc) is 2.79. The van der Waals surface area contributed by atoms with Gasteiger partial charge in [0.15, 0.2) is 6.61 Å². The number of carbonyl (C=O) groups excluding carboxylic acids is 2. The van der Waals surface area contributed by atoms with Gasteiger partial charge in [-0.25, -0.2) is 4.79 Å². The number of ether oxygens (including phenoxy) is 1. The second kappa shape index (κ2) is 6.75. The standard InChI is InChI=1S/C17H19NO3S/c1-10-5-6-11(2)15(7-10)18-16(19)9-21-17(20)14-8-12(3)22-13(14)4/h5-8H,9H2,1-4H3,(H,18,19). The predicted molar refractivity (Wildman–Crippen MR) is 88.6 cm³/mol. The Hall–Kier alpha value is -2.14. The second-order valence-electron chi connectivity index (χ2n) is 5.27. The van der Waals surface area contributed by atoms with E-state index in [2.05, 4.69) is 5.32 Å². The predicted octanol–water partition coefficient (Wildman–Crippen LogP) is 3.78. The molecular formula is C17H19NO3S. The molecular weight excluding hydrogens is 298 g/mol. The van der Waals surface area contributed by atoms with E-state index in [4.69, 9.17) is 4.74 Å². The van der Waals surface area contributed by atoms with Gasteiger partial charge >= 0.3 is 5.97 Å². The molecule has 0 spiro atoms. The van der Waals surface area contributed by atoms with Crippen molar-refractivity contribution in [2.45, 2.75) is 27.7 Å². The molecule has 4 nitrogen and oxygen atoms in total. The lowest BCUT2D eigenvalue weighted by atomic mass is 10.1. The van der Waals surface area contributed by atoms with E-state index >= 15 is 0 Å². The lowest BCUT2D eigenvalue weighted by molar-refractivity contribution is -0.119. The number of esters is 1. The van der Waals surface area contributed by atoms with Crippen LogP contribution >= 0.6 is 11.3 Å². The molecule has 1 heterocycles. The van der Waals surface area contributed by atoms with Crippen LogP contribution in [0.4, 0.5) is 5.69 Å². The number of hydrogen-bond acceptors (Lipinski definition) is 4. The van der Waals surface area contributed by atoms with Gasteiger partial charge in [0.2, 0.25) is 0 Å². The largest absolute Gasteiger partial charge is 0.452 e. The summed E-state index contributed by atoms with van der Waals surface area (Å²) in [5, 5.41) is 2.76. The van der Waals surface area contributed by atoms with Crippen molar-refractivity contribution in [3.05, 3.63) is 50.7 Å². The van der Waals surface area contributed by atoms with Crippen LogP contribution in [0.2, 0.25) is 0 Å². The van der Waals surface area contributed by atoms with Crippen LogP contribution in [0.15, 0.2) is 24.3 Å². The van der Waals surface area contributed by atoms with E-state index < -0.39 is 5.97 Å². The molecule has 0 saturated carbocycles. The van der Waals surface area contributed by atoms with Gasteiger partial charge in [0, 0.05) is 15.4 Å². The highest BCUT2D eigenvalue weighted by atomic mass is 32.1. The first kappa shape index (κ1) is 16.2. The molecule has 1 N–H and O–H groups in total. The van der Waals surface area contributed by atoms with Crippen LogP contribution in [0.25, 0.3) is 0 Å². The minimum atomic E-state index is -0.460. The Morgan fingerprint density at radius 3 is 2.50 bits per heavy atom. The van der Waals surface area contributed by atoms with E-state index in [-0.39, 0.29) is 12.5 Å². The maximum Gasteiger partial charge on any atom is 0.339 e. The van der Waals surface area contributed by atoms with E-state index in [1.807, 2.05) is 45.9 Å². The molecule has 22 heavy (non-hydrogen) atoms. The van der Waals surface area contributed by atoms with Crippen LogP contribution in [0, 0.1) is 27.7 Å². The molecule has 0 radical (unpaired) electrons. The fraction of sp³-hybridized carbons (Fsp3) is 0.294. The first-order valence-electron chi connectivity index (χ1n) is 6.98. The van der Waals surface area contributed by atoms with Crippen molar-refractivity contribution in [2.75, 3.05) is 11.9 Å². The summed E-state index contributed by atoms with van der Waals surface area (Å²) in [4.78, 5) is 25.8. The summed E-state index contributed by atoms with van der Waals surface area (Å²) in [5.74, 6) is -0.801. The Bertz CT molecular complexity index is 719. The molecule has 2 rings (SSSR count). The van der Waals surface area contributed by atoms with E-state index in [9.17, 15) is 9.59 Å². The molecule has 0 aliphatic carbocycles. The molecule has 0 bridgehead atoms. The lowest BCUT2D eigenvalue weighted by Crippen LogP contribution is -2.21. The Balaban J connectivity index is 1.94. The zero-order chi connectivity index (χ0) is 16.3. The van der Waals surface area contributed by atoms with Crippen LogP contribution in [0.1, 0.15) is 31.2 Å². The summed E-state index contributed by atoms with van der Waals surface area (Å²) >= 11 is 1.54. The highest BCUT2D eigenvalue weighted by Gasteiger charge is 2.15. The Labute approximate surface area is 134 Å². The number of amides is 1. The second-order valence-corrected chi connectivity index (χ2v) is 6.73. The topological polar surface area (TPSA) is 55.4 Å². The van der Waals surface area contributed by atoms with Crippen LogP contribution < -0.4 is 5.32 Å².